The van der Waals surface area contributed by atoms with Crippen molar-refractivity contribution in [1.29, 1.82) is 0 Å². The van der Waals surface area contributed by atoms with Gasteiger partial charge in [0, 0.05) is 0 Å². The van der Waals surface area contributed by atoms with E-state index in [0.717, 1.165) is 0 Å². The first-order valence-electron chi connectivity index (χ1n) is 0.408. The first kappa shape index (κ1) is 52.5. The maximum atomic E-state index is 8.39. The summed E-state index contributed by atoms with van der Waals surface area (Å²) >= 11 is 0. The maximum absolute atomic E-state index is 8.39. The van der Waals surface area contributed by atoms with E-state index >= 15 is 0 Å². The fourth-order valence-electron chi connectivity index (χ4n) is 0. The molecule has 0 aliphatic carbocycles. The van der Waals surface area contributed by atoms with Gasteiger partial charge in [-0.25, -0.2) is 0 Å². The Morgan fingerprint density at radius 2 is 1.00 bits per heavy atom. The SMILES string of the molecule is [Cl-].[Cl-].[Mo+4].[O-][SiH3].[OH-]. The number of rotatable bonds is 0. The minimum atomic E-state index is 0. The second kappa shape index (κ2) is 94.8. The van der Waals surface area contributed by atoms with Gasteiger partial charge in [0.2, 0.25) is 0 Å². The summed E-state index contributed by atoms with van der Waals surface area (Å²) in [5.74, 6) is 0. The zero-order chi connectivity index (χ0) is 2.00. The van der Waals surface area contributed by atoms with E-state index in [4.69, 9.17) is 4.80 Å². The van der Waals surface area contributed by atoms with E-state index in [1.807, 2.05) is 0 Å². The molecule has 0 spiro atoms. The van der Waals surface area contributed by atoms with Crippen LogP contribution < -0.4 is 29.6 Å². The molecule has 0 saturated heterocycles. The molecule has 0 fully saturated rings. The second-order valence-corrected chi connectivity index (χ2v) is 0. The Bertz CT molecular complexity index is 11.5. The van der Waals surface area contributed by atoms with Gasteiger partial charge in [-0.1, -0.05) is 10.5 Å². The van der Waals surface area contributed by atoms with Crippen LogP contribution in [0.3, 0.4) is 0 Å². The average Bonchev–Trinajstić information content (AvgIpc) is 1.00. The molecule has 0 atom stereocenters. The van der Waals surface area contributed by atoms with Crippen molar-refractivity contribution in [3.8, 4) is 0 Å². The maximum Gasteiger partial charge on any atom is 4.00 e. The summed E-state index contributed by atoms with van der Waals surface area (Å²) in [6.45, 7) is 0. The normalized spacial score (nSPS) is 1.50. The molecule has 6 heavy (non-hydrogen) atoms. The summed E-state index contributed by atoms with van der Waals surface area (Å²) in [6, 6.07) is 0. The van der Waals surface area contributed by atoms with E-state index in [9.17, 15) is 0 Å². The van der Waals surface area contributed by atoms with Crippen LogP contribution in [0, 0.1) is 0 Å². The van der Waals surface area contributed by atoms with E-state index < -0.39 is 0 Å². The van der Waals surface area contributed by atoms with Crippen LogP contribution in [-0.4, -0.2) is 16.0 Å². The predicted molar refractivity (Wildman–Crippen MR) is 11.9 cm³/mol. The number of hydrogen-bond donors (Lipinski definition) is 0. The van der Waals surface area contributed by atoms with Crippen LogP contribution in [0.4, 0.5) is 0 Å². The predicted octanol–water partition coefficient (Wildman–Crippen LogP) is -8.54. The van der Waals surface area contributed by atoms with Crippen LogP contribution in [0.2, 0.25) is 0 Å². The Hall–Kier alpha value is 1.41. The quantitative estimate of drug-likeness (QED) is 0.389. The average molecular weight is 231 g/mol. The van der Waals surface area contributed by atoms with Gasteiger partial charge in [0.25, 0.3) is 0 Å². The topological polar surface area (TPSA) is 53.1 Å². The van der Waals surface area contributed by atoms with Crippen LogP contribution in [0.15, 0.2) is 0 Å². The van der Waals surface area contributed by atoms with Crippen molar-refractivity contribution in [2.75, 3.05) is 0 Å². The Kier molecular flexibility index (Phi) is 830. The summed E-state index contributed by atoms with van der Waals surface area (Å²) in [6.07, 6.45) is 0. The van der Waals surface area contributed by atoms with Crippen molar-refractivity contribution in [1.82, 2.24) is 0 Å². The van der Waals surface area contributed by atoms with Gasteiger partial charge in [-0.2, -0.15) is 0 Å². The molecule has 0 heterocycles. The van der Waals surface area contributed by atoms with E-state index in [1.165, 1.54) is 0 Å². The molecule has 0 unspecified atom stereocenters. The summed E-state index contributed by atoms with van der Waals surface area (Å²) < 4.78 is 0. The van der Waals surface area contributed by atoms with Gasteiger partial charge >= 0.3 is 21.1 Å². The van der Waals surface area contributed by atoms with E-state index in [2.05, 4.69) is 0 Å². The molecule has 1 N–H and O–H groups in total. The first-order valence-corrected chi connectivity index (χ1v) is 1.22. The molecule has 0 aromatic rings. The number of halogens is 2. The Balaban J connectivity index is -0.000000000833. The van der Waals surface area contributed by atoms with Crippen molar-refractivity contribution >= 4 is 10.5 Å². The van der Waals surface area contributed by atoms with Crippen molar-refractivity contribution < 1.29 is 56.2 Å². The van der Waals surface area contributed by atoms with Gasteiger partial charge < -0.3 is 35.1 Å². The van der Waals surface area contributed by atoms with Gasteiger partial charge in [-0.3, -0.25) is 0 Å². The fourth-order valence-corrected chi connectivity index (χ4v) is 0. The van der Waals surface area contributed by atoms with Crippen LogP contribution in [-0.2, 0) is 21.1 Å². The van der Waals surface area contributed by atoms with Crippen molar-refractivity contribution in [2.24, 2.45) is 0 Å². The zero-order valence-corrected chi connectivity index (χ0v) is 8.54. The summed E-state index contributed by atoms with van der Waals surface area (Å²) in [5, 5.41) is 0. The Morgan fingerprint density at radius 1 is 1.00 bits per heavy atom. The van der Waals surface area contributed by atoms with Crippen molar-refractivity contribution in [3.63, 3.8) is 0 Å². The molecule has 0 amide bonds. The molecule has 0 aliphatic rings. The van der Waals surface area contributed by atoms with Crippen molar-refractivity contribution in [2.45, 2.75) is 0 Å². The summed E-state index contributed by atoms with van der Waals surface area (Å²) in [7, 11) is 0.0556. The third-order valence-corrected chi connectivity index (χ3v) is 0. The molecule has 0 aromatic carbocycles. The largest absolute Gasteiger partial charge is 4.00 e. The summed E-state index contributed by atoms with van der Waals surface area (Å²) in [4.78, 5) is 8.39. The third-order valence-electron chi connectivity index (χ3n) is 0. The van der Waals surface area contributed by atoms with Crippen LogP contribution in [0.1, 0.15) is 0 Å². The second-order valence-electron chi connectivity index (χ2n) is 0. The minimum Gasteiger partial charge on any atom is -1.00 e. The molecule has 40 valence electrons. The Morgan fingerprint density at radius 3 is 1.00 bits per heavy atom. The number of hydrogen-bond acceptors (Lipinski definition) is 2. The molecule has 6 heteroatoms. The van der Waals surface area contributed by atoms with Gasteiger partial charge in [-0.15, -0.1) is 0 Å². The third kappa shape index (κ3) is 53.1. The molecule has 0 bridgehead atoms. The van der Waals surface area contributed by atoms with Crippen LogP contribution in [0.25, 0.3) is 0 Å². The molecular weight excluding hydrogens is 227 g/mol. The van der Waals surface area contributed by atoms with Gasteiger partial charge in [-0.05, 0) is 0 Å². The molecule has 0 aliphatic heterocycles. The van der Waals surface area contributed by atoms with Gasteiger partial charge in [0.15, 0.2) is 0 Å². The molecule has 0 aromatic heterocycles. The molecule has 0 radical (unpaired) electrons. The summed E-state index contributed by atoms with van der Waals surface area (Å²) in [5.41, 5.74) is 0. The monoisotopic (exact) mass is 232 g/mol. The molecule has 2 nitrogen and oxygen atoms in total. The van der Waals surface area contributed by atoms with E-state index in [0.29, 0.717) is 0 Å². The van der Waals surface area contributed by atoms with Crippen molar-refractivity contribution in [3.05, 3.63) is 0 Å². The minimum absolute atomic E-state index is 0. The smallest absolute Gasteiger partial charge is 1.00 e. The zero-order valence-electron chi connectivity index (χ0n) is 3.02. The van der Waals surface area contributed by atoms with Gasteiger partial charge in [0.1, 0.15) is 0 Å². The fraction of sp³-hybridized carbons (Fsp3) is 0. The molecule has 0 saturated carbocycles. The van der Waals surface area contributed by atoms with E-state index in [1.54, 1.807) is 0 Å². The van der Waals surface area contributed by atoms with Crippen LogP contribution >= 0.6 is 0 Å². The first-order chi connectivity index (χ1) is 1.00. The molecular formula is H4Cl2MoO2Si. The van der Waals surface area contributed by atoms with E-state index in [-0.39, 0.29) is 61.8 Å². The van der Waals surface area contributed by atoms with Crippen LogP contribution in [0.5, 0.6) is 0 Å². The standard InChI is InChI=1S/2ClH.Mo.H3OSi.H2O/c;;;1-2;/h2*1H;;2H3;1H2/q;;+4;-1;/p-3. The Labute approximate surface area is 66.6 Å². The van der Waals surface area contributed by atoms with Gasteiger partial charge in [0.05, 0.1) is 0 Å². The molecule has 0 rings (SSSR count).